The first-order valence-corrected chi connectivity index (χ1v) is 20.0. The van der Waals surface area contributed by atoms with Gasteiger partial charge in [0.05, 0.1) is 1.37 Å². The monoisotopic (exact) mass is 713 g/mol. The molecule has 0 N–H and O–H groups in total. The maximum atomic E-state index is 8.94. The topological polar surface area (TPSA) is 0 Å². The summed E-state index contributed by atoms with van der Waals surface area (Å²) in [4.78, 5) is 8.26. The van der Waals surface area contributed by atoms with Gasteiger partial charge in [-0.25, -0.2) is 0 Å². The first-order valence-electron chi connectivity index (χ1n) is 18.1. The molecule has 0 fully saturated rings. The van der Waals surface area contributed by atoms with Crippen LogP contribution in [-0.4, -0.2) is 6.71 Å². The minimum absolute atomic E-state index is 0.294. The first-order chi connectivity index (χ1) is 26.1. The van der Waals surface area contributed by atoms with E-state index in [9.17, 15) is 0 Å². The third kappa shape index (κ3) is 5.04. The Morgan fingerprint density at radius 3 is 1.13 bits per heavy atom. The zero-order valence-corrected chi connectivity index (χ0v) is 30.4. The van der Waals surface area contributed by atoms with E-state index in [0.717, 1.165) is 33.4 Å². The van der Waals surface area contributed by atoms with Crippen LogP contribution >= 0.6 is 35.3 Å². The third-order valence-corrected chi connectivity index (χ3v) is 13.9. The summed E-state index contributed by atoms with van der Waals surface area (Å²) < 4.78 is 8.94. The molecule has 3 aliphatic rings. The second-order valence-electron chi connectivity index (χ2n) is 13.6. The van der Waals surface area contributed by atoms with Crippen molar-refractivity contribution in [2.45, 2.75) is 29.4 Å². The van der Waals surface area contributed by atoms with E-state index in [-0.39, 0.29) is 0 Å². The van der Waals surface area contributed by atoms with E-state index in [0.29, 0.717) is 12.8 Å². The van der Waals surface area contributed by atoms with Gasteiger partial charge < -0.3 is 0 Å². The molecule has 11 rings (SSSR count). The van der Waals surface area contributed by atoms with Gasteiger partial charge in [-0.1, -0.05) is 144 Å². The number of hydrogen-bond donors (Lipinski definition) is 0. The van der Waals surface area contributed by atoms with Crippen molar-refractivity contribution in [2.24, 2.45) is 0 Å². The van der Waals surface area contributed by atoms with Gasteiger partial charge in [-0.05, 0) is 139 Å². The molecule has 0 atom stereocenters. The van der Waals surface area contributed by atoms with Gasteiger partial charge in [0.2, 0.25) is 6.71 Å². The SMILES string of the molecule is [2H]c1cc(-c2cccc(-c3cc4c5c(c3)Sc3cccc6c3B5c3c(cccc3S4)S6)c2)cc(-c2cc(-c3ccccc3)cc(-c3ccccc3)c2)c1. The average Bonchev–Trinajstić information content (AvgIpc) is 3.21. The Morgan fingerprint density at radius 2 is 0.615 bits per heavy atom. The zero-order chi connectivity index (χ0) is 35.0. The lowest BCUT2D eigenvalue weighted by Crippen LogP contribution is -2.60. The van der Waals surface area contributed by atoms with Crippen molar-refractivity contribution in [3.63, 3.8) is 0 Å². The molecule has 0 nitrogen and oxygen atoms in total. The summed E-state index contributed by atoms with van der Waals surface area (Å²) in [5, 5.41) is 0. The first kappa shape index (κ1) is 29.5. The van der Waals surface area contributed by atoms with Gasteiger partial charge in [-0.3, -0.25) is 0 Å². The van der Waals surface area contributed by atoms with Gasteiger partial charge in [0, 0.05) is 29.4 Å². The fourth-order valence-corrected chi connectivity index (χ4v) is 11.9. The van der Waals surface area contributed by atoms with Crippen LogP contribution in [0.15, 0.2) is 205 Å². The van der Waals surface area contributed by atoms with Gasteiger partial charge in [-0.2, -0.15) is 0 Å². The molecule has 0 saturated heterocycles. The van der Waals surface area contributed by atoms with Crippen LogP contribution in [0.1, 0.15) is 1.37 Å². The lowest BCUT2D eigenvalue weighted by atomic mass is 9.36. The molecule has 0 saturated carbocycles. The Balaban J connectivity index is 1.01. The highest BCUT2D eigenvalue weighted by molar-refractivity contribution is 8.02. The third-order valence-electron chi connectivity index (χ3n) is 10.5. The average molecular weight is 714 g/mol. The van der Waals surface area contributed by atoms with E-state index in [4.69, 9.17) is 1.37 Å². The van der Waals surface area contributed by atoms with E-state index in [2.05, 4.69) is 158 Å². The smallest absolute Gasteiger partial charge is 0.0911 e. The Bertz CT molecular complexity index is 2640. The van der Waals surface area contributed by atoms with Crippen molar-refractivity contribution < 1.29 is 1.37 Å². The summed E-state index contributed by atoms with van der Waals surface area (Å²) in [7, 11) is 0. The summed E-state index contributed by atoms with van der Waals surface area (Å²) in [5.74, 6) is 0. The molecule has 3 aliphatic heterocycles. The molecule has 0 unspecified atom stereocenters. The highest BCUT2D eigenvalue weighted by Crippen LogP contribution is 2.46. The van der Waals surface area contributed by atoms with E-state index in [1.54, 1.807) is 0 Å². The van der Waals surface area contributed by atoms with Crippen molar-refractivity contribution in [3.8, 4) is 55.6 Å². The molecule has 0 amide bonds. The molecular weight excluding hydrogens is 684 g/mol. The fraction of sp³-hybridized carbons (Fsp3) is 0. The Labute approximate surface area is 318 Å². The van der Waals surface area contributed by atoms with E-state index in [1.165, 1.54) is 68.0 Å². The molecule has 0 bridgehead atoms. The van der Waals surface area contributed by atoms with Crippen molar-refractivity contribution in [3.05, 3.63) is 176 Å². The summed E-state index contributed by atoms with van der Waals surface area (Å²) in [6, 6.07) is 62.0. The predicted molar refractivity (Wildman–Crippen MR) is 224 cm³/mol. The molecular formula is C48H29BS3. The predicted octanol–water partition coefficient (Wildman–Crippen LogP) is 11.9. The Morgan fingerprint density at radius 1 is 0.288 bits per heavy atom. The van der Waals surface area contributed by atoms with Crippen LogP contribution in [0.2, 0.25) is 0 Å². The maximum Gasteiger partial charge on any atom is 0.250 e. The summed E-state index contributed by atoms with van der Waals surface area (Å²) in [5.41, 5.74) is 15.9. The molecule has 8 aromatic rings. The molecule has 0 aromatic heterocycles. The minimum Gasteiger partial charge on any atom is -0.0911 e. The lowest BCUT2D eigenvalue weighted by molar-refractivity contribution is 1.27. The van der Waals surface area contributed by atoms with Crippen LogP contribution in [-0.2, 0) is 0 Å². The largest absolute Gasteiger partial charge is 0.250 e. The molecule has 0 aliphatic carbocycles. The van der Waals surface area contributed by atoms with Crippen molar-refractivity contribution in [2.75, 3.05) is 0 Å². The van der Waals surface area contributed by atoms with E-state index < -0.39 is 0 Å². The maximum absolute atomic E-state index is 8.94. The minimum atomic E-state index is 0.294. The molecule has 0 spiro atoms. The van der Waals surface area contributed by atoms with E-state index >= 15 is 0 Å². The van der Waals surface area contributed by atoms with Gasteiger partial charge in [0.15, 0.2) is 0 Å². The van der Waals surface area contributed by atoms with Gasteiger partial charge in [0.1, 0.15) is 0 Å². The van der Waals surface area contributed by atoms with Gasteiger partial charge >= 0.3 is 0 Å². The second-order valence-corrected chi connectivity index (χ2v) is 16.8. The summed E-state index contributed by atoms with van der Waals surface area (Å²) in [6.45, 7) is 0.294. The molecule has 242 valence electrons. The van der Waals surface area contributed by atoms with Gasteiger partial charge in [0.25, 0.3) is 0 Å². The Kier molecular flexibility index (Phi) is 6.93. The van der Waals surface area contributed by atoms with Crippen LogP contribution in [0.3, 0.4) is 0 Å². The molecule has 8 aromatic carbocycles. The van der Waals surface area contributed by atoms with Crippen LogP contribution in [0.25, 0.3) is 55.6 Å². The van der Waals surface area contributed by atoms with Crippen LogP contribution in [0, 0.1) is 0 Å². The van der Waals surface area contributed by atoms with E-state index in [1.807, 2.05) is 47.4 Å². The Hall–Kier alpha value is -5.13. The summed E-state index contributed by atoms with van der Waals surface area (Å²) >= 11 is 5.78. The number of rotatable bonds is 5. The molecule has 4 heteroatoms. The lowest BCUT2D eigenvalue weighted by Gasteiger charge is -2.38. The number of hydrogen-bond acceptors (Lipinski definition) is 3. The fourth-order valence-electron chi connectivity index (χ4n) is 8.05. The van der Waals surface area contributed by atoms with Crippen LogP contribution in [0.4, 0.5) is 0 Å². The van der Waals surface area contributed by atoms with Crippen molar-refractivity contribution in [1.29, 1.82) is 0 Å². The molecule has 52 heavy (non-hydrogen) atoms. The van der Waals surface area contributed by atoms with Crippen molar-refractivity contribution in [1.82, 2.24) is 0 Å². The second kappa shape index (κ2) is 12.2. The standard InChI is InChI=1S/C48H29BS3/c1-3-11-30(12-4-1)36-25-37(31-13-5-2-6-14-31)27-38(26-36)34-17-7-15-32(23-34)33-16-8-18-35(24-33)39-28-44-48-45(29-39)52-43-22-10-20-41-47(43)49(48)46-40(50-41)19-9-21-42(46)51-44/h1-29H/i7D. The highest BCUT2D eigenvalue weighted by Gasteiger charge is 2.43. The van der Waals surface area contributed by atoms with Crippen molar-refractivity contribution >= 4 is 58.4 Å². The molecule has 0 radical (unpaired) electrons. The summed E-state index contributed by atoms with van der Waals surface area (Å²) in [6.07, 6.45) is 0. The van der Waals surface area contributed by atoms with Crippen LogP contribution in [0.5, 0.6) is 0 Å². The molecule has 3 heterocycles. The number of benzene rings is 8. The van der Waals surface area contributed by atoms with Gasteiger partial charge in [-0.15, -0.1) is 0 Å². The highest BCUT2D eigenvalue weighted by atomic mass is 32.2. The normalized spacial score (nSPS) is 13.4. The quantitative estimate of drug-likeness (QED) is 0.163. The van der Waals surface area contributed by atoms with Crippen LogP contribution < -0.4 is 16.4 Å². The zero-order valence-electron chi connectivity index (χ0n) is 29.0.